The minimum absolute atomic E-state index is 0.0384. The molecule has 0 aliphatic carbocycles. The van der Waals surface area contributed by atoms with E-state index in [2.05, 4.69) is 5.10 Å². The Bertz CT molecular complexity index is 1230. The van der Waals surface area contributed by atoms with E-state index in [0.717, 1.165) is 11.4 Å². The highest BCUT2D eigenvalue weighted by Crippen LogP contribution is 2.30. The van der Waals surface area contributed by atoms with Gasteiger partial charge in [-0.2, -0.15) is 9.40 Å². The topological polar surface area (TPSA) is 86.4 Å². The summed E-state index contributed by atoms with van der Waals surface area (Å²) in [5.74, 6) is 1.29. The fourth-order valence-corrected chi connectivity index (χ4v) is 5.69. The molecule has 2 heterocycles. The van der Waals surface area contributed by atoms with Gasteiger partial charge in [0.15, 0.2) is 0 Å². The van der Waals surface area contributed by atoms with Gasteiger partial charge < -0.3 is 4.74 Å². The van der Waals surface area contributed by atoms with Crippen LogP contribution in [0.2, 0.25) is 0 Å². The van der Waals surface area contributed by atoms with E-state index in [1.165, 1.54) is 16.1 Å². The van der Waals surface area contributed by atoms with E-state index in [9.17, 15) is 13.2 Å². The quantitative estimate of drug-likeness (QED) is 0.546. The molecule has 0 radical (unpaired) electrons. The van der Waals surface area contributed by atoms with Crippen molar-refractivity contribution >= 4 is 10.0 Å². The molecule has 1 aliphatic heterocycles. The second-order valence-electron chi connectivity index (χ2n) is 7.89. The van der Waals surface area contributed by atoms with Gasteiger partial charge in [0, 0.05) is 31.6 Å². The number of hydrogen-bond donors (Lipinski definition) is 0. The second-order valence-corrected chi connectivity index (χ2v) is 9.82. The van der Waals surface area contributed by atoms with Crippen LogP contribution in [-0.4, -0.2) is 47.3 Å². The van der Waals surface area contributed by atoms with E-state index in [1.54, 1.807) is 28.8 Å². The number of benzene rings is 2. The number of aromatic nitrogens is 3. The Morgan fingerprint density at radius 1 is 1.06 bits per heavy atom. The third-order valence-electron chi connectivity index (χ3n) is 5.94. The van der Waals surface area contributed by atoms with Crippen molar-refractivity contribution in [1.82, 2.24) is 18.7 Å². The first-order valence-electron chi connectivity index (χ1n) is 10.8. The zero-order chi connectivity index (χ0) is 22.7. The van der Waals surface area contributed by atoms with Gasteiger partial charge in [-0.3, -0.25) is 4.57 Å². The molecule has 2 aromatic carbocycles. The lowest BCUT2D eigenvalue weighted by atomic mass is 9.97. The van der Waals surface area contributed by atoms with Crippen molar-refractivity contribution in [3.05, 3.63) is 76.5 Å². The van der Waals surface area contributed by atoms with E-state index in [0.29, 0.717) is 44.8 Å². The third-order valence-corrected chi connectivity index (χ3v) is 7.84. The molecule has 0 bridgehead atoms. The first kappa shape index (κ1) is 22.3. The van der Waals surface area contributed by atoms with Gasteiger partial charge in [0.2, 0.25) is 10.0 Å². The molecule has 1 aromatic heterocycles. The van der Waals surface area contributed by atoms with Crippen molar-refractivity contribution in [3.8, 4) is 5.75 Å². The fraction of sp³-hybridized carbons (Fsp3) is 0.391. The Morgan fingerprint density at radius 2 is 1.78 bits per heavy atom. The molecule has 170 valence electrons. The third kappa shape index (κ3) is 4.35. The normalized spacial score (nSPS) is 15.7. The molecule has 0 amide bonds. The molecule has 1 fully saturated rings. The van der Waals surface area contributed by atoms with Crippen LogP contribution in [0.1, 0.15) is 37.1 Å². The minimum Gasteiger partial charge on any atom is -0.497 e. The molecule has 0 N–H and O–H groups in total. The molecular formula is C23H28N4O4S. The molecular weight excluding hydrogens is 428 g/mol. The van der Waals surface area contributed by atoms with Gasteiger partial charge in [-0.25, -0.2) is 17.9 Å². The molecule has 32 heavy (non-hydrogen) atoms. The molecule has 0 spiro atoms. The Labute approximate surface area is 188 Å². The van der Waals surface area contributed by atoms with Crippen LogP contribution in [0.25, 0.3) is 0 Å². The molecule has 4 rings (SSSR count). The van der Waals surface area contributed by atoms with Crippen LogP contribution in [0.4, 0.5) is 0 Å². The zero-order valence-corrected chi connectivity index (χ0v) is 19.2. The summed E-state index contributed by atoms with van der Waals surface area (Å²) in [6, 6.07) is 16.3. The summed E-state index contributed by atoms with van der Waals surface area (Å²) in [6.07, 6.45) is 1.23. The van der Waals surface area contributed by atoms with E-state index in [-0.39, 0.29) is 16.5 Å². The predicted molar refractivity (Wildman–Crippen MR) is 121 cm³/mol. The van der Waals surface area contributed by atoms with Crippen molar-refractivity contribution in [2.24, 2.45) is 0 Å². The highest BCUT2D eigenvalue weighted by Gasteiger charge is 2.32. The largest absolute Gasteiger partial charge is 0.497 e. The van der Waals surface area contributed by atoms with Crippen LogP contribution in [0.3, 0.4) is 0 Å². The number of piperidine rings is 1. The Morgan fingerprint density at radius 3 is 2.44 bits per heavy atom. The maximum Gasteiger partial charge on any atom is 0.346 e. The van der Waals surface area contributed by atoms with Crippen LogP contribution in [0, 0.1) is 0 Å². The Kier molecular flexibility index (Phi) is 6.48. The minimum atomic E-state index is -3.60. The van der Waals surface area contributed by atoms with Crippen molar-refractivity contribution < 1.29 is 13.2 Å². The summed E-state index contributed by atoms with van der Waals surface area (Å²) in [6.45, 7) is 3.65. The number of nitrogens with zero attached hydrogens (tertiary/aromatic N) is 4. The summed E-state index contributed by atoms with van der Waals surface area (Å²) in [5, 5.41) is 4.65. The second kappa shape index (κ2) is 9.30. The smallest absolute Gasteiger partial charge is 0.346 e. The maximum atomic E-state index is 13.1. The number of hydrogen-bond acceptors (Lipinski definition) is 5. The molecule has 8 nitrogen and oxygen atoms in total. The molecule has 3 aromatic rings. The summed E-state index contributed by atoms with van der Waals surface area (Å²) in [5.41, 5.74) is 0.888. The van der Waals surface area contributed by atoms with Crippen molar-refractivity contribution in [1.29, 1.82) is 0 Å². The van der Waals surface area contributed by atoms with Gasteiger partial charge in [0.25, 0.3) is 0 Å². The van der Waals surface area contributed by atoms with Crippen LogP contribution in [0.15, 0.2) is 64.3 Å². The SMILES string of the molecule is CCn1c(C2CCN(S(=O)(=O)c3cccc(OC)c3)CC2)nn(Cc2ccccc2)c1=O. The average molecular weight is 457 g/mol. The van der Waals surface area contributed by atoms with Crippen molar-refractivity contribution in [3.63, 3.8) is 0 Å². The van der Waals surface area contributed by atoms with Crippen molar-refractivity contribution in [2.75, 3.05) is 20.2 Å². The summed E-state index contributed by atoms with van der Waals surface area (Å²) >= 11 is 0. The van der Waals surface area contributed by atoms with Crippen LogP contribution in [0.5, 0.6) is 5.75 Å². The summed E-state index contributed by atoms with van der Waals surface area (Å²) < 4.78 is 36.0. The molecule has 9 heteroatoms. The van der Waals surface area contributed by atoms with Gasteiger partial charge in [0.1, 0.15) is 11.6 Å². The number of methoxy groups -OCH3 is 1. The lowest BCUT2D eigenvalue weighted by molar-refractivity contribution is 0.308. The maximum absolute atomic E-state index is 13.1. The Balaban J connectivity index is 1.51. The fourth-order valence-electron chi connectivity index (χ4n) is 4.18. The van der Waals surface area contributed by atoms with Crippen LogP contribution < -0.4 is 10.4 Å². The van der Waals surface area contributed by atoms with Gasteiger partial charge in [-0.05, 0) is 37.5 Å². The highest BCUT2D eigenvalue weighted by atomic mass is 32.2. The van der Waals surface area contributed by atoms with Crippen LogP contribution in [-0.2, 0) is 23.1 Å². The van der Waals surface area contributed by atoms with E-state index in [4.69, 9.17) is 4.74 Å². The first-order chi connectivity index (χ1) is 15.4. The molecule has 1 aliphatic rings. The van der Waals surface area contributed by atoms with Crippen LogP contribution >= 0.6 is 0 Å². The molecule has 0 unspecified atom stereocenters. The van der Waals surface area contributed by atoms with Crippen molar-refractivity contribution in [2.45, 2.75) is 43.7 Å². The lowest BCUT2D eigenvalue weighted by Crippen LogP contribution is -2.38. The predicted octanol–water partition coefficient (Wildman–Crippen LogP) is 2.69. The average Bonchev–Trinajstić information content (AvgIpc) is 3.14. The molecule has 1 saturated heterocycles. The zero-order valence-electron chi connectivity index (χ0n) is 18.3. The van der Waals surface area contributed by atoms with Gasteiger partial charge in [0.05, 0.1) is 18.6 Å². The summed E-state index contributed by atoms with van der Waals surface area (Å²) in [4.78, 5) is 13.1. The lowest BCUT2D eigenvalue weighted by Gasteiger charge is -2.30. The molecule has 0 atom stereocenters. The highest BCUT2D eigenvalue weighted by molar-refractivity contribution is 7.89. The first-order valence-corrected chi connectivity index (χ1v) is 12.2. The number of rotatable bonds is 7. The number of sulfonamides is 1. The number of ether oxygens (including phenoxy) is 1. The van der Waals surface area contributed by atoms with Gasteiger partial charge >= 0.3 is 5.69 Å². The van der Waals surface area contributed by atoms with Gasteiger partial charge in [-0.15, -0.1) is 0 Å². The standard InChI is InChI=1S/C23H28N4O4S/c1-3-26-22(24-27(23(26)28)17-18-8-5-4-6-9-18)19-12-14-25(15-13-19)32(29,30)21-11-7-10-20(16-21)31-2/h4-11,16,19H,3,12-15,17H2,1-2H3. The van der Waals surface area contributed by atoms with E-state index < -0.39 is 10.0 Å². The van der Waals surface area contributed by atoms with Gasteiger partial charge in [-0.1, -0.05) is 36.4 Å². The van der Waals surface area contributed by atoms with E-state index in [1.807, 2.05) is 37.3 Å². The monoisotopic (exact) mass is 456 g/mol. The summed E-state index contributed by atoms with van der Waals surface area (Å²) in [7, 11) is -2.09. The Hall–Kier alpha value is -2.91. The van der Waals surface area contributed by atoms with E-state index >= 15 is 0 Å². The molecule has 0 saturated carbocycles.